The largest absolute Gasteiger partial charge is 0.383 e. The molecule has 0 fully saturated rings. The molecule has 0 heterocycles. The lowest BCUT2D eigenvalue weighted by Crippen LogP contribution is -2.31. The first kappa shape index (κ1) is 13.7. The van der Waals surface area contributed by atoms with Gasteiger partial charge in [-0.1, -0.05) is 11.6 Å². The van der Waals surface area contributed by atoms with Gasteiger partial charge in [-0.15, -0.1) is 0 Å². The molecule has 88 valence electrons. The molecule has 6 heteroatoms. The quantitative estimate of drug-likeness (QED) is 0.659. The Balaban J connectivity index is 2.49. The predicted molar refractivity (Wildman–Crippen MR) is 75.3 cm³/mol. The van der Waals surface area contributed by atoms with Gasteiger partial charge in [0.05, 0.1) is 12.3 Å². The molecule has 16 heavy (non-hydrogen) atoms. The van der Waals surface area contributed by atoms with E-state index in [9.17, 15) is 0 Å². The Morgan fingerprint density at radius 2 is 2.31 bits per heavy atom. The molecule has 0 radical (unpaired) electrons. The number of hydrogen-bond donors (Lipinski definition) is 2. The summed E-state index contributed by atoms with van der Waals surface area (Å²) in [5, 5.41) is 7.30. The summed E-state index contributed by atoms with van der Waals surface area (Å²) in [4.78, 5) is 0. The average molecular weight is 324 g/mol. The summed E-state index contributed by atoms with van der Waals surface area (Å²) >= 11 is 14.3. The summed E-state index contributed by atoms with van der Waals surface area (Å²) in [6, 6.07) is 5.46. The molecule has 0 bridgehead atoms. The van der Waals surface area contributed by atoms with E-state index in [0.29, 0.717) is 23.3 Å². The van der Waals surface area contributed by atoms with Gasteiger partial charge in [-0.3, -0.25) is 0 Å². The van der Waals surface area contributed by atoms with E-state index >= 15 is 0 Å². The van der Waals surface area contributed by atoms with Crippen molar-refractivity contribution < 1.29 is 4.74 Å². The Morgan fingerprint density at radius 1 is 1.56 bits per heavy atom. The van der Waals surface area contributed by atoms with Gasteiger partial charge in [0.15, 0.2) is 5.11 Å². The Hall–Kier alpha value is -0.360. The van der Waals surface area contributed by atoms with Crippen LogP contribution in [0.4, 0.5) is 5.69 Å². The fourth-order valence-electron chi connectivity index (χ4n) is 1.02. The second-order valence-electron chi connectivity index (χ2n) is 3.00. The zero-order valence-corrected chi connectivity index (χ0v) is 11.9. The number of anilines is 1. The van der Waals surface area contributed by atoms with E-state index in [1.807, 2.05) is 12.1 Å². The van der Waals surface area contributed by atoms with Crippen molar-refractivity contribution >= 4 is 50.5 Å². The zero-order valence-electron chi connectivity index (χ0n) is 8.72. The molecule has 0 amide bonds. The van der Waals surface area contributed by atoms with Crippen molar-refractivity contribution in [2.24, 2.45) is 0 Å². The normalized spacial score (nSPS) is 9.94. The van der Waals surface area contributed by atoms with E-state index in [2.05, 4.69) is 26.6 Å². The van der Waals surface area contributed by atoms with Gasteiger partial charge < -0.3 is 15.4 Å². The molecule has 1 rings (SSSR count). The van der Waals surface area contributed by atoms with Crippen LogP contribution in [0.2, 0.25) is 5.02 Å². The van der Waals surface area contributed by atoms with Crippen molar-refractivity contribution in [3.63, 3.8) is 0 Å². The van der Waals surface area contributed by atoms with Gasteiger partial charge in [-0.2, -0.15) is 0 Å². The van der Waals surface area contributed by atoms with Crippen molar-refractivity contribution in [1.82, 2.24) is 5.32 Å². The molecule has 0 aliphatic carbocycles. The molecule has 0 atom stereocenters. The molecule has 0 unspecified atom stereocenters. The van der Waals surface area contributed by atoms with Crippen molar-refractivity contribution in [1.29, 1.82) is 0 Å². The highest BCUT2D eigenvalue weighted by Gasteiger charge is 2.02. The SMILES string of the molecule is COCCNC(=S)Nc1ccc(Cl)cc1Br. The van der Waals surface area contributed by atoms with E-state index in [-0.39, 0.29) is 0 Å². The van der Waals surface area contributed by atoms with Crippen LogP contribution in [0.25, 0.3) is 0 Å². The molecule has 1 aromatic carbocycles. The monoisotopic (exact) mass is 322 g/mol. The topological polar surface area (TPSA) is 33.3 Å². The fourth-order valence-corrected chi connectivity index (χ4v) is 2.02. The number of nitrogens with one attached hydrogen (secondary N) is 2. The lowest BCUT2D eigenvalue weighted by atomic mass is 10.3. The fraction of sp³-hybridized carbons (Fsp3) is 0.300. The number of rotatable bonds is 4. The number of benzene rings is 1. The minimum atomic E-state index is 0.556. The van der Waals surface area contributed by atoms with Crippen molar-refractivity contribution in [3.05, 3.63) is 27.7 Å². The standard InChI is InChI=1S/C10H12BrClN2OS/c1-15-5-4-13-10(16)14-9-3-2-7(12)6-8(9)11/h2-3,6H,4-5H2,1H3,(H2,13,14,16). The number of hydrogen-bond acceptors (Lipinski definition) is 2. The number of methoxy groups -OCH3 is 1. The van der Waals surface area contributed by atoms with Crippen LogP contribution >= 0.6 is 39.7 Å². The minimum Gasteiger partial charge on any atom is -0.383 e. The van der Waals surface area contributed by atoms with Crippen LogP contribution in [-0.4, -0.2) is 25.4 Å². The first-order chi connectivity index (χ1) is 7.63. The minimum absolute atomic E-state index is 0.556. The number of halogens is 2. The van der Waals surface area contributed by atoms with Gasteiger partial charge in [0.25, 0.3) is 0 Å². The lowest BCUT2D eigenvalue weighted by molar-refractivity contribution is 0.204. The molecule has 3 nitrogen and oxygen atoms in total. The molecular formula is C10H12BrClN2OS. The summed E-state index contributed by atoms with van der Waals surface area (Å²) in [6.45, 7) is 1.29. The van der Waals surface area contributed by atoms with E-state index in [4.69, 9.17) is 28.6 Å². The van der Waals surface area contributed by atoms with E-state index in [1.165, 1.54) is 0 Å². The van der Waals surface area contributed by atoms with Gasteiger partial charge in [-0.25, -0.2) is 0 Å². The lowest BCUT2D eigenvalue weighted by Gasteiger charge is -2.11. The second-order valence-corrected chi connectivity index (χ2v) is 4.70. The van der Waals surface area contributed by atoms with Gasteiger partial charge in [0.2, 0.25) is 0 Å². The van der Waals surface area contributed by atoms with Crippen molar-refractivity contribution in [2.45, 2.75) is 0 Å². The van der Waals surface area contributed by atoms with E-state index in [1.54, 1.807) is 13.2 Å². The van der Waals surface area contributed by atoms with E-state index < -0.39 is 0 Å². The van der Waals surface area contributed by atoms with Crippen LogP contribution in [0.15, 0.2) is 22.7 Å². The van der Waals surface area contributed by atoms with Crippen LogP contribution in [0.5, 0.6) is 0 Å². The van der Waals surface area contributed by atoms with Crippen molar-refractivity contribution in [3.8, 4) is 0 Å². The highest BCUT2D eigenvalue weighted by molar-refractivity contribution is 9.10. The zero-order chi connectivity index (χ0) is 12.0. The molecule has 0 saturated carbocycles. The third kappa shape index (κ3) is 4.65. The predicted octanol–water partition coefficient (Wildman–Crippen LogP) is 3.04. The van der Waals surface area contributed by atoms with Crippen LogP contribution in [0, 0.1) is 0 Å². The van der Waals surface area contributed by atoms with Crippen LogP contribution in [0.3, 0.4) is 0 Å². The maximum atomic E-state index is 5.83. The van der Waals surface area contributed by atoms with Gasteiger partial charge in [0, 0.05) is 23.1 Å². The Labute approximate surface area is 114 Å². The Bertz CT molecular complexity index is 376. The Kier molecular flexibility index (Phi) is 6.05. The molecule has 0 saturated heterocycles. The second kappa shape index (κ2) is 7.06. The summed E-state index contributed by atoms with van der Waals surface area (Å²) < 4.78 is 5.78. The molecule has 1 aromatic rings. The maximum Gasteiger partial charge on any atom is 0.170 e. The van der Waals surface area contributed by atoms with Gasteiger partial charge in [0.1, 0.15) is 0 Å². The average Bonchev–Trinajstić information content (AvgIpc) is 2.23. The summed E-state index contributed by atoms with van der Waals surface area (Å²) in [6.07, 6.45) is 0. The molecule has 0 aromatic heterocycles. The summed E-state index contributed by atoms with van der Waals surface area (Å²) in [5.41, 5.74) is 0.874. The third-order valence-electron chi connectivity index (χ3n) is 1.77. The highest BCUT2D eigenvalue weighted by atomic mass is 79.9. The number of ether oxygens (including phenoxy) is 1. The van der Waals surface area contributed by atoms with Crippen molar-refractivity contribution in [2.75, 3.05) is 25.6 Å². The smallest absolute Gasteiger partial charge is 0.170 e. The molecule has 0 aliphatic rings. The van der Waals surface area contributed by atoms with Gasteiger partial charge in [-0.05, 0) is 46.3 Å². The Morgan fingerprint density at radius 3 is 2.94 bits per heavy atom. The maximum absolute atomic E-state index is 5.83. The molecule has 2 N–H and O–H groups in total. The first-order valence-corrected chi connectivity index (χ1v) is 6.20. The van der Waals surface area contributed by atoms with Crippen LogP contribution in [0.1, 0.15) is 0 Å². The molecular weight excluding hydrogens is 312 g/mol. The highest BCUT2D eigenvalue weighted by Crippen LogP contribution is 2.25. The first-order valence-electron chi connectivity index (χ1n) is 4.62. The molecule has 0 spiro atoms. The summed E-state index contributed by atoms with van der Waals surface area (Å²) in [5.74, 6) is 0. The van der Waals surface area contributed by atoms with Crippen LogP contribution in [-0.2, 0) is 4.74 Å². The van der Waals surface area contributed by atoms with Crippen LogP contribution < -0.4 is 10.6 Å². The summed E-state index contributed by atoms with van der Waals surface area (Å²) in [7, 11) is 1.65. The molecule has 0 aliphatic heterocycles. The van der Waals surface area contributed by atoms with Gasteiger partial charge >= 0.3 is 0 Å². The van der Waals surface area contributed by atoms with E-state index in [0.717, 1.165) is 10.2 Å². The third-order valence-corrected chi connectivity index (χ3v) is 2.91. The number of thiocarbonyl (C=S) groups is 1.